The first-order valence-corrected chi connectivity index (χ1v) is 4.73. The molecule has 1 amide bonds. The van der Waals surface area contributed by atoms with E-state index in [-0.39, 0.29) is 5.91 Å². The molecule has 5 heteroatoms. The lowest BCUT2D eigenvalue weighted by atomic mass is 10.2. The van der Waals surface area contributed by atoms with Gasteiger partial charge in [-0.05, 0) is 30.7 Å². The number of nitrogens with two attached hydrogens (primary N) is 1. The summed E-state index contributed by atoms with van der Waals surface area (Å²) in [6.07, 6.45) is 2.98. The number of carbonyl (C=O) groups is 1. The first-order valence-electron chi connectivity index (χ1n) is 4.73. The van der Waals surface area contributed by atoms with Crippen molar-refractivity contribution in [3.8, 4) is 0 Å². The van der Waals surface area contributed by atoms with Crippen molar-refractivity contribution in [2.24, 2.45) is 10.9 Å². The van der Waals surface area contributed by atoms with E-state index in [2.05, 4.69) is 10.5 Å². The molecule has 0 bridgehead atoms. The van der Waals surface area contributed by atoms with Gasteiger partial charge in [-0.3, -0.25) is 10.6 Å². The fraction of sp³-hybridized carbons (Fsp3) is 0.200. The molecule has 3 N–H and O–H groups in total. The number of anilines is 2. The molecular formula is C10H12N4O. The Bertz CT molecular complexity index is 385. The molecule has 78 valence electrons. The lowest BCUT2D eigenvalue weighted by molar-refractivity contribution is -0.118. The highest BCUT2D eigenvalue weighted by Gasteiger charge is 2.16. The quantitative estimate of drug-likeness (QED) is 0.559. The third-order valence-electron chi connectivity index (χ3n) is 2.20. The van der Waals surface area contributed by atoms with Crippen LogP contribution in [-0.4, -0.2) is 12.1 Å². The molecule has 0 spiro atoms. The van der Waals surface area contributed by atoms with Gasteiger partial charge in [-0.1, -0.05) is 0 Å². The Balaban J connectivity index is 2.24. The SMILES string of the molecule is NNc1ccc(N2N=CCCC2=O)cc1. The molecule has 1 aromatic carbocycles. The molecule has 15 heavy (non-hydrogen) atoms. The Labute approximate surface area is 87.5 Å². The number of hydrazone groups is 1. The van der Waals surface area contributed by atoms with Gasteiger partial charge in [0.15, 0.2) is 0 Å². The van der Waals surface area contributed by atoms with Gasteiger partial charge < -0.3 is 5.43 Å². The van der Waals surface area contributed by atoms with E-state index in [1.54, 1.807) is 30.5 Å². The predicted octanol–water partition coefficient (Wildman–Crippen LogP) is 1.08. The number of hydrogen-bond donors (Lipinski definition) is 2. The zero-order chi connectivity index (χ0) is 10.7. The average Bonchev–Trinajstić information content (AvgIpc) is 2.30. The first-order chi connectivity index (χ1) is 7.31. The van der Waals surface area contributed by atoms with Gasteiger partial charge in [0.2, 0.25) is 5.91 Å². The summed E-state index contributed by atoms with van der Waals surface area (Å²) in [6, 6.07) is 7.20. The van der Waals surface area contributed by atoms with E-state index in [4.69, 9.17) is 5.84 Å². The molecular weight excluding hydrogens is 192 g/mol. The standard InChI is InChI=1S/C10H12N4O/c11-13-8-3-5-9(6-4-8)14-10(15)2-1-7-12-14/h3-7,13H,1-2,11H2. The number of amides is 1. The zero-order valence-electron chi connectivity index (χ0n) is 8.18. The minimum Gasteiger partial charge on any atom is -0.324 e. The van der Waals surface area contributed by atoms with Gasteiger partial charge in [-0.25, -0.2) is 5.01 Å². The number of nitrogens with zero attached hydrogens (tertiary/aromatic N) is 2. The molecule has 0 fully saturated rings. The van der Waals surface area contributed by atoms with Crippen LogP contribution in [0.3, 0.4) is 0 Å². The van der Waals surface area contributed by atoms with Gasteiger partial charge in [-0.2, -0.15) is 5.10 Å². The number of hydrazine groups is 1. The van der Waals surface area contributed by atoms with Crippen LogP contribution < -0.4 is 16.3 Å². The fourth-order valence-corrected chi connectivity index (χ4v) is 1.41. The minimum absolute atomic E-state index is 0.0194. The molecule has 0 radical (unpaired) electrons. The molecule has 1 aliphatic rings. The van der Waals surface area contributed by atoms with E-state index in [0.29, 0.717) is 6.42 Å². The number of carbonyl (C=O) groups excluding carboxylic acids is 1. The summed E-state index contributed by atoms with van der Waals surface area (Å²) < 4.78 is 0. The highest BCUT2D eigenvalue weighted by Crippen LogP contribution is 2.20. The molecule has 0 saturated heterocycles. The number of hydrogen-bond acceptors (Lipinski definition) is 4. The van der Waals surface area contributed by atoms with Gasteiger partial charge >= 0.3 is 0 Å². The zero-order valence-corrected chi connectivity index (χ0v) is 8.18. The highest BCUT2D eigenvalue weighted by molar-refractivity contribution is 5.96. The average molecular weight is 204 g/mol. The van der Waals surface area contributed by atoms with Crippen molar-refractivity contribution in [2.75, 3.05) is 10.4 Å². The summed E-state index contributed by atoms with van der Waals surface area (Å²) >= 11 is 0. The monoisotopic (exact) mass is 204 g/mol. The Kier molecular flexibility index (Phi) is 2.64. The van der Waals surface area contributed by atoms with Crippen molar-refractivity contribution >= 4 is 23.5 Å². The summed E-state index contributed by atoms with van der Waals surface area (Å²) in [6.45, 7) is 0. The van der Waals surface area contributed by atoms with E-state index < -0.39 is 0 Å². The second kappa shape index (κ2) is 4.10. The topological polar surface area (TPSA) is 70.7 Å². The molecule has 0 unspecified atom stereocenters. The van der Waals surface area contributed by atoms with Gasteiger partial charge in [0.1, 0.15) is 0 Å². The molecule has 5 nitrogen and oxygen atoms in total. The largest absolute Gasteiger partial charge is 0.324 e. The fourth-order valence-electron chi connectivity index (χ4n) is 1.41. The molecule has 0 aromatic heterocycles. The summed E-state index contributed by atoms with van der Waals surface area (Å²) in [5.74, 6) is 5.26. The van der Waals surface area contributed by atoms with Crippen LogP contribution in [0.4, 0.5) is 11.4 Å². The minimum atomic E-state index is 0.0194. The van der Waals surface area contributed by atoms with Crippen LogP contribution in [0.1, 0.15) is 12.8 Å². The number of nitrogen functional groups attached to an aromatic ring is 1. The highest BCUT2D eigenvalue weighted by atomic mass is 16.2. The lowest BCUT2D eigenvalue weighted by Crippen LogP contribution is -2.28. The molecule has 0 atom stereocenters. The Morgan fingerprint density at radius 3 is 2.67 bits per heavy atom. The molecule has 1 aromatic rings. The van der Waals surface area contributed by atoms with Crippen molar-refractivity contribution in [1.82, 2.24) is 0 Å². The van der Waals surface area contributed by atoms with E-state index in [9.17, 15) is 4.79 Å². The predicted molar refractivity (Wildman–Crippen MR) is 59.5 cm³/mol. The van der Waals surface area contributed by atoms with Crippen molar-refractivity contribution in [3.05, 3.63) is 24.3 Å². The third kappa shape index (κ3) is 1.97. The number of nitrogens with one attached hydrogen (secondary N) is 1. The molecule has 1 heterocycles. The van der Waals surface area contributed by atoms with Crippen LogP contribution in [0, 0.1) is 0 Å². The maximum atomic E-state index is 11.5. The van der Waals surface area contributed by atoms with Crippen LogP contribution in [0.25, 0.3) is 0 Å². The Morgan fingerprint density at radius 2 is 2.07 bits per heavy atom. The molecule has 0 aliphatic carbocycles. The summed E-state index contributed by atoms with van der Waals surface area (Å²) in [4.78, 5) is 11.5. The van der Waals surface area contributed by atoms with Crippen molar-refractivity contribution in [1.29, 1.82) is 0 Å². The second-order valence-corrected chi connectivity index (χ2v) is 3.23. The lowest BCUT2D eigenvalue weighted by Gasteiger charge is -2.19. The summed E-state index contributed by atoms with van der Waals surface area (Å²) in [7, 11) is 0. The second-order valence-electron chi connectivity index (χ2n) is 3.23. The van der Waals surface area contributed by atoms with E-state index in [1.807, 2.05) is 0 Å². The summed E-state index contributed by atoms with van der Waals surface area (Å²) in [5.41, 5.74) is 4.08. The van der Waals surface area contributed by atoms with E-state index in [0.717, 1.165) is 17.8 Å². The first kappa shape index (κ1) is 9.67. The van der Waals surface area contributed by atoms with E-state index >= 15 is 0 Å². The van der Waals surface area contributed by atoms with Crippen LogP contribution in [-0.2, 0) is 4.79 Å². The maximum Gasteiger partial charge on any atom is 0.247 e. The van der Waals surface area contributed by atoms with Crippen LogP contribution in [0.2, 0.25) is 0 Å². The van der Waals surface area contributed by atoms with E-state index in [1.165, 1.54) is 5.01 Å². The van der Waals surface area contributed by atoms with Gasteiger partial charge in [0, 0.05) is 18.3 Å². The van der Waals surface area contributed by atoms with Gasteiger partial charge in [0.05, 0.1) is 5.69 Å². The molecule has 0 saturated carbocycles. The summed E-state index contributed by atoms with van der Waals surface area (Å²) in [5, 5.41) is 5.45. The smallest absolute Gasteiger partial charge is 0.247 e. The normalized spacial score (nSPS) is 15.5. The van der Waals surface area contributed by atoms with Crippen molar-refractivity contribution in [3.63, 3.8) is 0 Å². The molecule has 2 rings (SSSR count). The number of rotatable bonds is 2. The molecule has 1 aliphatic heterocycles. The van der Waals surface area contributed by atoms with Crippen molar-refractivity contribution in [2.45, 2.75) is 12.8 Å². The van der Waals surface area contributed by atoms with Crippen LogP contribution in [0.5, 0.6) is 0 Å². The number of benzene rings is 1. The van der Waals surface area contributed by atoms with Crippen molar-refractivity contribution < 1.29 is 4.79 Å². The van der Waals surface area contributed by atoms with Crippen LogP contribution >= 0.6 is 0 Å². The maximum absolute atomic E-state index is 11.5. The van der Waals surface area contributed by atoms with Gasteiger partial charge in [-0.15, -0.1) is 0 Å². The third-order valence-corrected chi connectivity index (χ3v) is 2.20. The Hall–Kier alpha value is -1.88. The van der Waals surface area contributed by atoms with Crippen LogP contribution in [0.15, 0.2) is 29.4 Å². The Morgan fingerprint density at radius 1 is 1.33 bits per heavy atom. The van der Waals surface area contributed by atoms with Gasteiger partial charge in [0.25, 0.3) is 0 Å².